The van der Waals surface area contributed by atoms with Crippen molar-refractivity contribution in [1.82, 2.24) is 25.8 Å². The minimum absolute atomic E-state index is 0.0194. The van der Waals surface area contributed by atoms with Crippen molar-refractivity contribution in [2.75, 3.05) is 45.9 Å². The van der Waals surface area contributed by atoms with Crippen LogP contribution in [0.1, 0.15) is 35.6 Å². The van der Waals surface area contributed by atoms with Crippen LogP contribution in [0.15, 0.2) is 41.5 Å². The number of hydrazine groups is 2. The van der Waals surface area contributed by atoms with Gasteiger partial charge in [-0.1, -0.05) is 6.07 Å². The number of amides is 3. The molecule has 1 saturated heterocycles. The van der Waals surface area contributed by atoms with Crippen molar-refractivity contribution < 1.29 is 41.7 Å². The van der Waals surface area contributed by atoms with E-state index in [-0.39, 0.29) is 38.3 Å². The lowest BCUT2D eigenvalue weighted by Gasteiger charge is -2.41. The largest absolute Gasteiger partial charge is 0.496 e. The van der Waals surface area contributed by atoms with Gasteiger partial charge in [0.05, 0.1) is 32.0 Å². The monoisotopic (exact) mass is 625 g/mol. The van der Waals surface area contributed by atoms with Gasteiger partial charge in [-0.25, -0.2) is 24.5 Å². The Hall–Kier alpha value is -4.31. The number of rotatable bonds is 8. The summed E-state index contributed by atoms with van der Waals surface area (Å²) in [5, 5.41) is 16.7. The van der Waals surface area contributed by atoms with Gasteiger partial charge in [-0.15, -0.1) is 10.2 Å². The van der Waals surface area contributed by atoms with Crippen LogP contribution in [0.3, 0.4) is 0 Å². The number of hydrogen-bond donors (Lipinski definition) is 3. The van der Waals surface area contributed by atoms with Crippen molar-refractivity contribution >= 4 is 23.6 Å². The van der Waals surface area contributed by atoms with Crippen LogP contribution in [-0.4, -0.2) is 91.2 Å². The molecule has 1 fully saturated rings. The number of alkyl halides is 3. The molecule has 2 aliphatic heterocycles. The Morgan fingerprint density at radius 1 is 1.23 bits per heavy atom. The number of hydrogen-bond acceptors (Lipinski definition) is 9. The van der Waals surface area contributed by atoms with Gasteiger partial charge in [-0.3, -0.25) is 0 Å². The molecule has 2 heterocycles. The fraction of sp³-hybridized carbons (Fsp3) is 0.464. The number of urea groups is 1. The molecule has 2 aliphatic rings. The summed E-state index contributed by atoms with van der Waals surface area (Å²) in [6.07, 6.45) is -5.40. The molecule has 2 aromatic rings. The van der Waals surface area contributed by atoms with Crippen LogP contribution in [0.4, 0.5) is 32.8 Å². The van der Waals surface area contributed by atoms with Crippen LogP contribution in [-0.2, 0) is 11.3 Å². The van der Waals surface area contributed by atoms with E-state index in [0.717, 1.165) is 10.1 Å². The molecule has 12 nitrogen and oxygen atoms in total. The normalized spacial score (nSPS) is 18.9. The number of piperidine rings is 1. The summed E-state index contributed by atoms with van der Waals surface area (Å²) in [7, 11) is 4.35. The van der Waals surface area contributed by atoms with Crippen LogP contribution in [0.2, 0.25) is 0 Å². The average molecular weight is 626 g/mol. The molecule has 2 aromatic carbocycles. The molecule has 3 N–H and O–H groups in total. The highest BCUT2D eigenvalue weighted by Gasteiger charge is 2.45. The van der Waals surface area contributed by atoms with E-state index in [1.807, 2.05) is 0 Å². The molecular formula is C28H35F4N7O5. The first-order valence-electron chi connectivity index (χ1n) is 13.8. The second-order valence-corrected chi connectivity index (χ2v) is 10.4. The van der Waals surface area contributed by atoms with Crippen molar-refractivity contribution in [2.24, 2.45) is 5.10 Å². The van der Waals surface area contributed by atoms with Gasteiger partial charge in [0.15, 0.2) is 0 Å². The molecule has 0 unspecified atom stereocenters. The Kier molecular flexibility index (Phi) is 10.0. The topological polar surface area (TPSA) is 122 Å². The van der Waals surface area contributed by atoms with E-state index < -0.39 is 42.1 Å². The summed E-state index contributed by atoms with van der Waals surface area (Å²) in [5.74, 6) is -1.23. The quantitative estimate of drug-likeness (QED) is 0.380. The molecule has 4 rings (SSSR count). The predicted octanol–water partition coefficient (Wildman–Crippen LogP) is 3.67. The summed E-state index contributed by atoms with van der Waals surface area (Å²) in [4.78, 5) is 29.1. The number of likely N-dealkylation sites (tertiary alicyclic amines) is 1. The zero-order valence-corrected chi connectivity index (χ0v) is 24.7. The Morgan fingerprint density at radius 3 is 2.64 bits per heavy atom. The number of benzene rings is 2. The van der Waals surface area contributed by atoms with Crippen LogP contribution in [0.5, 0.6) is 5.75 Å². The molecular weight excluding hydrogens is 590 g/mol. The smallest absolute Gasteiger partial charge is 0.453 e. The standard InChI is InChI=1S/C28H35F4N7O5/c1-17-13-19(29)5-7-22(17)23-15-21(44-26(41)33-10-12-40)9-11-38(23)27(42)36(2)16-18-14-20(6-8-24(18)43-4)39-25(28(30,31)32)34-35-37(39)3/h5-8,13-14,21,23,35,40H,9-12,15-16H2,1-4H3,(H,33,41)/t21-,23+/m0/s1. The molecule has 0 aliphatic carbocycles. The zero-order chi connectivity index (χ0) is 32.2. The Morgan fingerprint density at radius 2 is 1.98 bits per heavy atom. The summed E-state index contributed by atoms with van der Waals surface area (Å²) in [6, 6.07) is 7.73. The van der Waals surface area contributed by atoms with Gasteiger partial charge in [-0.2, -0.15) is 13.2 Å². The van der Waals surface area contributed by atoms with Crippen molar-refractivity contribution in [3.63, 3.8) is 0 Å². The Balaban J connectivity index is 1.58. The van der Waals surface area contributed by atoms with E-state index in [9.17, 15) is 27.2 Å². The van der Waals surface area contributed by atoms with Gasteiger partial charge in [-0.05, 0) is 48.4 Å². The number of amidine groups is 1. The molecule has 3 amide bonds. The number of anilines is 1. The van der Waals surface area contributed by atoms with Gasteiger partial charge in [0.2, 0.25) is 0 Å². The number of ether oxygens (including phenoxy) is 2. The number of nitrogens with zero attached hydrogens (tertiary/aromatic N) is 5. The SMILES string of the molecule is COc1ccc(N2C(C(F)(F)F)=NNN2C)cc1CN(C)C(=O)N1CC[C@H](OC(=O)NCCO)C[C@@H]1c1ccc(F)cc1C. The van der Waals surface area contributed by atoms with Crippen LogP contribution in [0, 0.1) is 12.7 Å². The molecule has 0 bridgehead atoms. The third kappa shape index (κ3) is 7.24. The molecule has 0 aromatic heterocycles. The highest BCUT2D eigenvalue weighted by atomic mass is 19.4. The second kappa shape index (κ2) is 13.5. The van der Waals surface area contributed by atoms with Gasteiger partial charge in [0.25, 0.3) is 5.84 Å². The first kappa shape index (κ1) is 32.6. The number of hydrazone groups is 1. The fourth-order valence-corrected chi connectivity index (χ4v) is 5.32. The van der Waals surface area contributed by atoms with E-state index in [1.165, 1.54) is 49.4 Å². The van der Waals surface area contributed by atoms with Crippen molar-refractivity contribution in [2.45, 2.75) is 44.6 Å². The van der Waals surface area contributed by atoms with E-state index >= 15 is 0 Å². The predicted molar refractivity (Wildman–Crippen MR) is 152 cm³/mol. The lowest BCUT2D eigenvalue weighted by molar-refractivity contribution is -0.0606. The number of alkyl carbamates (subject to hydrolysis) is 1. The van der Waals surface area contributed by atoms with Crippen molar-refractivity contribution in [1.29, 1.82) is 0 Å². The van der Waals surface area contributed by atoms with Gasteiger partial charge < -0.3 is 29.7 Å². The second-order valence-electron chi connectivity index (χ2n) is 10.4. The number of carbonyl (C=O) groups is 2. The van der Waals surface area contributed by atoms with Crippen molar-refractivity contribution in [3.05, 3.63) is 58.9 Å². The highest BCUT2D eigenvalue weighted by Crippen LogP contribution is 2.36. The number of aliphatic hydroxyl groups excluding tert-OH is 1. The maximum absolute atomic E-state index is 14.0. The lowest BCUT2D eigenvalue weighted by Crippen LogP contribution is -2.49. The van der Waals surface area contributed by atoms with E-state index in [2.05, 4.69) is 16.0 Å². The van der Waals surface area contributed by atoms with Crippen molar-refractivity contribution in [3.8, 4) is 5.75 Å². The third-order valence-electron chi connectivity index (χ3n) is 7.34. The minimum atomic E-state index is -4.73. The van der Waals surface area contributed by atoms with E-state index in [1.54, 1.807) is 24.9 Å². The summed E-state index contributed by atoms with van der Waals surface area (Å²) in [5.41, 5.74) is 4.16. The maximum Gasteiger partial charge on any atom is 0.453 e. The lowest BCUT2D eigenvalue weighted by atomic mass is 9.90. The number of methoxy groups -OCH3 is 1. The Bertz CT molecular complexity index is 1390. The fourth-order valence-electron chi connectivity index (χ4n) is 5.32. The molecule has 44 heavy (non-hydrogen) atoms. The van der Waals surface area contributed by atoms with E-state index in [4.69, 9.17) is 14.6 Å². The number of nitrogens with one attached hydrogen (secondary N) is 2. The zero-order valence-electron chi connectivity index (χ0n) is 24.7. The third-order valence-corrected chi connectivity index (χ3v) is 7.34. The minimum Gasteiger partial charge on any atom is -0.496 e. The van der Waals surface area contributed by atoms with Crippen LogP contribution >= 0.6 is 0 Å². The molecule has 16 heteroatoms. The molecule has 0 saturated carbocycles. The van der Waals surface area contributed by atoms with Crippen LogP contribution in [0.25, 0.3) is 0 Å². The summed E-state index contributed by atoms with van der Waals surface area (Å²) < 4.78 is 65.8. The van der Waals surface area contributed by atoms with Gasteiger partial charge in [0, 0.05) is 45.6 Å². The van der Waals surface area contributed by atoms with Crippen LogP contribution < -0.4 is 20.6 Å². The first-order chi connectivity index (χ1) is 20.8. The maximum atomic E-state index is 14.0. The Labute approximate surface area is 251 Å². The number of carbonyl (C=O) groups excluding carboxylic acids is 2. The summed E-state index contributed by atoms with van der Waals surface area (Å²) >= 11 is 0. The van der Waals surface area contributed by atoms with Gasteiger partial charge in [0.1, 0.15) is 17.7 Å². The number of halogens is 4. The highest BCUT2D eigenvalue weighted by molar-refractivity contribution is 6.01. The van der Waals surface area contributed by atoms with Gasteiger partial charge >= 0.3 is 18.3 Å². The molecule has 2 atom stereocenters. The first-order valence-corrected chi connectivity index (χ1v) is 13.8. The molecule has 0 spiro atoms. The molecule has 240 valence electrons. The molecule has 0 radical (unpaired) electrons. The summed E-state index contributed by atoms with van der Waals surface area (Å²) in [6.45, 7) is 1.69. The number of aliphatic hydroxyl groups is 1. The number of aryl methyl sites for hydroxylation is 1. The van der Waals surface area contributed by atoms with E-state index in [0.29, 0.717) is 28.9 Å². The average Bonchev–Trinajstić information content (AvgIpc) is 3.37.